The topological polar surface area (TPSA) is 55.5 Å². The van der Waals surface area contributed by atoms with Crippen LogP contribution in [-0.2, 0) is 6.42 Å². The summed E-state index contributed by atoms with van der Waals surface area (Å²) in [5, 5.41) is 8.16. The van der Waals surface area contributed by atoms with Crippen molar-refractivity contribution >= 4 is 16.9 Å². The monoisotopic (exact) mass is 341 g/mol. The first-order chi connectivity index (χ1) is 12.4. The van der Waals surface area contributed by atoms with Gasteiger partial charge in [0.25, 0.3) is 0 Å². The van der Waals surface area contributed by atoms with Crippen LogP contribution >= 0.6 is 0 Å². The normalized spacial score (nSPS) is 15.8. The molecule has 1 aromatic heterocycles. The molecule has 0 radical (unpaired) electrons. The highest BCUT2D eigenvalue weighted by molar-refractivity contribution is 5.83. The molecule has 5 heteroatoms. The fourth-order valence-corrected chi connectivity index (χ4v) is 3.55. The van der Waals surface area contributed by atoms with Crippen LogP contribution in [0.2, 0.25) is 0 Å². The zero-order chi connectivity index (χ0) is 17.3. The second-order valence-electron chi connectivity index (χ2n) is 6.79. The van der Waals surface area contributed by atoms with Crippen LogP contribution in [0.15, 0.2) is 35.5 Å². The minimum absolute atomic E-state index is 0.884. The number of aliphatic imine (C=N–C) groups is 1. The predicted octanol–water partition coefficient (Wildman–Crippen LogP) is 2.75. The van der Waals surface area contributed by atoms with E-state index in [0.29, 0.717) is 0 Å². The zero-order valence-corrected chi connectivity index (χ0v) is 15.4. The molecule has 1 saturated heterocycles. The van der Waals surface area contributed by atoms with E-state index in [2.05, 4.69) is 56.0 Å². The van der Waals surface area contributed by atoms with Gasteiger partial charge in [0, 0.05) is 37.2 Å². The van der Waals surface area contributed by atoms with Crippen LogP contribution in [0.1, 0.15) is 31.2 Å². The van der Waals surface area contributed by atoms with Crippen LogP contribution in [-0.4, -0.2) is 55.6 Å². The van der Waals surface area contributed by atoms with Crippen molar-refractivity contribution in [3.8, 4) is 0 Å². The quantitative estimate of drug-likeness (QED) is 0.393. The first kappa shape index (κ1) is 17.8. The molecule has 1 aliphatic heterocycles. The highest BCUT2D eigenvalue weighted by Crippen LogP contribution is 2.17. The number of aromatic amines is 1. The van der Waals surface area contributed by atoms with Gasteiger partial charge < -0.3 is 20.5 Å². The summed E-state index contributed by atoms with van der Waals surface area (Å²) in [5.41, 5.74) is 2.56. The maximum atomic E-state index is 4.32. The fraction of sp³-hybridized carbons (Fsp3) is 0.550. The number of nitrogens with zero attached hydrogens (tertiary/aromatic N) is 2. The van der Waals surface area contributed by atoms with Gasteiger partial charge in [0.05, 0.1) is 0 Å². The van der Waals surface area contributed by atoms with Gasteiger partial charge in [-0.3, -0.25) is 4.99 Å². The SMILES string of the molecule is CN=C(NCCCCN1CCCC1)NCCc1c[nH]c2ccccc12. The molecule has 136 valence electrons. The lowest BCUT2D eigenvalue weighted by atomic mass is 10.1. The highest BCUT2D eigenvalue weighted by atomic mass is 15.2. The molecule has 0 atom stereocenters. The van der Waals surface area contributed by atoms with Crippen LogP contribution in [0.3, 0.4) is 0 Å². The van der Waals surface area contributed by atoms with Gasteiger partial charge in [-0.1, -0.05) is 18.2 Å². The lowest BCUT2D eigenvalue weighted by Crippen LogP contribution is -2.38. The molecule has 2 heterocycles. The first-order valence-electron chi connectivity index (χ1n) is 9.58. The van der Waals surface area contributed by atoms with Gasteiger partial charge >= 0.3 is 0 Å². The number of para-hydroxylation sites is 1. The van der Waals surface area contributed by atoms with Gasteiger partial charge in [-0.15, -0.1) is 0 Å². The third kappa shape index (κ3) is 5.23. The summed E-state index contributed by atoms with van der Waals surface area (Å²) in [6, 6.07) is 8.45. The third-order valence-electron chi connectivity index (χ3n) is 4.98. The Kier molecular flexibility index (Phi) is 6.74. The van der Waals surface area contributed by atoms with E-state index in [9.17, 15) is 0 Å². The van der Waals surface area contributed by atoms with E-state index in [4.69, 9.17) is 0 Å². The van der Waals surface area contributed by atoms with Gasteiger partial charge in [-0.25, -0.2) is 0 Å². The number of likely N-dealkylation sites (tertiary alicyclic amines) is 1. The molecule has 0 spiro atoms. The number of unbranched alkanes of at least 4 members (excludes halogenated alkanes) is 1. The van der Waals surface area contributed by atoms with Crippen molar-refractivity contribution in [2.75, 3.05) is 39.8 Å². The van der Waals surface area contributed by atoms with Crippen LogP contribution in [0.4, 0.5) is 0 Å². The highest BCUT2D eigenvalue weighted by Gasteiger charge is 2.10. The summed E-state index contributed by atoms with van der Waals surface area (Å²) in [6.45, 7) is 5.71. The fourth-order valence-electron chi connectivity index (χ4n) is 3.55. The number of hydrogen-bond donors (Lipinski definition) is 3. The maximum absolute atomic E-state index is 4.32. The maximum Gasteiger partial charge on any atom is 0.190 e. The van der Waals surface area contributed by atoms with Crippen molar-refractivity contribution in [2.45, 2.75) is 32.1 Å². The molecule has 2 aromatic rings. The second kappa shape index (κ2) is 9.47. The lowest BCUT2D eigenvalue weighted by molar-refractivity contribution is 0.330. The number of benzene rings is 1. The Morgan fingerprint density at radius 1 is 1.12 bits per heavy atom. The molecule has 0 unspecified atom stereocenters. The average molecular weight is 342 g/mol. The molecule has 1 fully saturated rings. The summed E-state index contributed by atoms with van der Waals surface area (Å²) in [5.74, 6) is 0.904. The Labute approximate surface area is 150 Å². The largest absolute Gasteiger partial charge is 0.361 e. The summed E-state index contributed by atoms with van der Waals surface area (Å²) >= 11 is 0. The number of fused-ring (bicyclic) bond motifs is 1. The smallest absolute Gasteiger partial charge is 0.190 e. The lowest BCUT2D eigenvalue weighted by Gasteiger charge is -2.15. The van der Waals surface area contributed by atoms with Crippen molar-refractivity contribution in [3.05, 3.63) is 36.0 Å². The van der Waals surface area contributed by atoms with Crippen LogP contribution in [0.5, 0.6) is 0 Å². The molecule has 0 amide bonds. The summed E-state index contributed by atoms with van der Waals surface area (Å²) in [4.78, 5) is 10.2. The molecular weight excluding hydrogens is 310 g/mol. The van der Waals surface area contributed by atoms with Crippen molar-refractivity contribution < 1.29 is 0 Å². The van der Waals surface area contributed by atoms with Crippen LogP contribution in [0.25, 0.3) is 10.9 Å². The van der Waals surface area contributed by atoms with E-state index in [-0.39, 0.29) is 0 Å². The number of guanidine groups is 1. The Morgan fingerprint density at radius 3 is 2.76 bits per heavy atom. The summed E-state index contributed by atoms with van der Waals surface area (Å²) < 4.78 is 0. The Balaban J connectivity index is 1.32. The Morgan fingerprint density at radius 2 is 1.92 bits per heavy atom. The molecule has 0 aliphatic carbocycles. The minimum atomic E-state index is 0.884. The molecule has 3 N–H and O–H groups in total. The van der Waals surface area contributed by atoms with E-state index < -0.39 is 0 Å². The summed E-state index contributed by atoms with van der Waals surface area (Å²) in [6.07, 6.45) is 8.32. The van der Waals surface area contributed by atoms with Gasteiger partial charge in [0.15, 0.2) is 5.96 Å². The number of nitrogens with one attached hydrogen (secondary N) is 3. The zero-order valence-electron chi connectivity index (χ0n) is 15.4. The summed E-state index contributed by atoms with van der Waals surface area (Å²) in [7, 11) is 1.84. The number of aromatic nitrogens is 1. The molecule has 3 rings (SSSR count). The van der Waals surface area contributed by atoms with Gasteiger partial charge in [0.2, 0.25) is 0 Å². The Hall–Kier alpha value is -2.01. The van der Waals surface area contributed by atoms with Gasteiger partial charge in [0.1, 0.15) is 0 Å². The van der Waals surface area contributed by atoms with Crippen molar-refractivity contribution in [1.29, 1.82) is 0 Å². The van der Waals surface area contributed by atoms with Gasteiger partial charge in [-0.05, 0) is 63.4 Å². The minimum Gasteiger partial charge on any atom is -0.361 e. The van der Waals surface area contributed by atoms with Crippen LogP contribution < -0.4 is 10.6 Å². The van der Waals surface area contributed by atoms with E-state index in [1.54, 1.807) is 0 Å². The predicted molar refractivity (Wildman–Crippen MR) is 106 cm³/mol. The van der Waals surface area contributed by atoms with Crippen molar-refractivity contribution in [2.24, 2.45) is 4.99 Å². The van der Waals surface area contributed by atoms with E-state index in [1.807, 2.05) is 7.05 Å². The molecule has 25 heavy (non-hydrogen) atoms. The molecule has 0 saturated carbocycles. The molecule has 0 bridgehead atoms. The van der Waals surface area contributed by atoms with Gasteiger partial charge in [-0.2, -0.15) is 0 Å². The molecule has 1 aromatic carbocycles. The third-order valence-corrected chi connectivity index (χ3v) is 4.98. The van der Waals surface area contributed by atoms with E-state index in [1.165, 1.54) is 61.8 Å². The van der Waals surface area contributed by atoms with E-state index >= 15 is 0 Å². The molecular formula is C20H31N5. The standard InChI is InChI=1S/C20H31N5/c1-21-20(22-11-4-5-13-25-14-6-7-15-25)23-12-10-17-16-24-19-9-3-2-8-18(17)19/h2-3,8-9,16,24H,4-7,10-15H2,1H3,(H2,21,22,23). The number of rotatable bonds is 8. The van der Waals surface area contributed by atoms with Crippen molar-refractivity contribution in [3.63, 3.8) is 0 Å². The molecule has 1 aliphatic rings. The average Bonchev–Trinajstić information content (AvgIpc) is 3.30. The Bertz CT molecular complexity index is 670. The van der Waals surface area contributed by atoms with E-state index in [0.717, 1.165) is 25.5 Å². The van der Waals surface area contributed by atoms with Crippen LogP contribution in [0, 0.1) is 0 Å². The molecule has 5 nitrogen and oxygen atoms in total. The van der Waals surface area contributed by atoms with Crippen molar-refractivity contribution in [1.82, 2.24) is 20.5 Å². The first-order valence-corrected chi connectivity index (χ1v) is 9.58. The second-order valence-corrected chi connectivity index (χ2v) is 6.79. The number of hydrogen-bond acceptors (Lipinski definition) is 2. The number of H-pyrrole nitrogens is 1.